The largest absolute Gasteiger partial charge is 0.472 e. The minimum absolute atomic E-state index is 0.536. The molecule has 2 rings (SSSR count). The first-order valence-corrected chi connectivity index (χ1v) is 5.76. The van der Waals surface area contributed by atoms with Crippen molar-refractivity contribution < 1.29 is 4.42 Å². The smallest absolute Gasteiger partial charge is 0.0947 e. The monoisotopic (exact) mass is 208 g/mol. The molecule has 0 amide bonds. The van der Waals surface area contributed by atoms with E-state index in [2.05, 4.69) is 11.8 Å². The molecular weight excluding hydrogens is 188 g/mol. The van der Waals surface area contributed by atoms with Crippen molar-refractivity contribution in [3.8, 4) is 0 Å². The number of furan rings is 1. The summed E-state index contributed by atoms with van der Waals surface area (Å²) >= 11 is 0. The van der Waals surface area contributed by atoms with Gasteiger partial charge in [0.1, 0.15) is 0 Å². The summed E-state index contributed by atoms with van der Waals surface area (Å²) in [5, 5.41) is 0. The fourth-order valence-corrected chi connectivity index (χ4v) is 2.53. The highest BCUT2D eigenvalue weighted by molar-refractivity contribution is 5.05. The Hall–Kier alpha value is -0.800. The van der Waals surface area contributed by atoms with Crippen LogP contribution in [0, 0.1) is 5.92 Å². The highest BCUT2D eigenvalue weighted by Crippen LogP contribution is 2.24. The molecule has 2 N–H and O–H groups in total. The Labute approximate surface area is 91.2 Å². The van der Waals surface area contributed by atoms with Crippen LogP contribution in [0.25, 0.3) is 0 Å². The van der Waals surface area contributed by atoms with Crippen LogP contribution < -0.4 is 5.73 Å². The number of nitrogens with zero attached hydrogens (tertiary/aromatic N) is 1. The minimum atomic E-state index is 0.536. The van der Waals surface area contributed by atoms with Crippen LogP contribution >= 0.6 is 0 Å². The van der Waals surface area contributed by atoms with Gasteiger partial charge in [0.2, 0.25) is 0 Å². The third-order valence-corrected chi connectivity index (χ3v) is 3.44. The molecule has 1 saturated heterocycles. The summed E-state index contributed by atoms with van der Waals surface area (Å²) in [5.41, 5.74) is 7.10. The fraction of sp³-hybridized carbons (Fsp3) is 0.667. The number of nitrogens with two attached hydrogens (primary N) is 1. The highest BCUT2D eigenvalue weighted by Gasteiger charge is 2.27. The van der Waals surface area contributed by atoms with Gasteiger partial charge < -0.3 is 10.2 Å². The predicted molar refractivity (Wildman–Crippen MR) is 60.4 cm³/mol. The Morgan fingerprint density at radius 3 is 3.13 bits per heavy atom. The Bertz CT molecular complexity index is 284. The van der Waals surface area contributed by atoms with E-state index in [-0.39, 0.29) is 0 Å². The van der Waals surface area contributed by atoms with Crippen LogP contribution in [0.5, 0.6) is 0 Å². The third-order valence-electron chi connectivity index (χ3n) is 3.44. The van der Waals surface area contributed by atoms with E-state index in [1.807, 2.05) is 12.3 Å². The zero-order valence-electron chi connectivity index (χ0n) is 9.36. The highest BCUT2D eigenvalue weighted by atomic mass is 16.3. The van der Waals surface area contributed by atoms with Gasteiger partial charge in [-0.05, 0) is 31.4 Å². The maximum atomic E-state index is 5.85. The van der Waals surface area contributed by atoms with Crippen molar-refractivity contribution in [3.63, 3.8) is 0 Å². The quantitative estimate of drug-likeness (QED) is 0.824. The van der Waals surface area contributed by atoms with Crippen LogP contribution in [0.1, 0.15) is 25.3 Å². The maximum Gasteiger partial charge on any atom is 0.0947 e. The average molecular weight is 208 g/mol. The summed E-state index contributed by atoms with van der Waals surface area (Å²) in [7, 11) is 0. The lowest BCUT2D eigenvalue weighted by molar-refractivity contribution is 0.0989. The lowest BCUT2D eigenvalue weighted by Gasteiger charge is -2.39. The summed E-state index contributed by atoms with van der Waals surface area (Å²) in [6.45, 7) is 5.21. The van der Waals surface area contributed by atoms with E-state index in [9.17, 15) is 0 Å². The fourth-order valence-electron chi connectivity index (χ4n) is 2.53. The van der Waals surface area contributed by atoms with Crippen molar-refractivity contribution >= 4 is 0 Å². The Morgan fingerprint density at radius 2 is 2.47 bits per heavy atom. The van der Waals surface area contributed by atoms with E-state index in [4.69, 9.17) is 10.2 Å². The summed E-state index contributed by atoms with van der Waals surface area (Å²) in [6.07, 6.45) is 6.16. The van der Waals surface area contributed by atoms with Crippen LogP contribution in [-0.2, 0) is 6.54 Å². The van der Waals surface area contributed by atoms with Gasteiger partial charge in [-0.2, -0.15) is 0 Å². The minimum Gasteiger partial charge on any atom is -0.472 e. The molecule has 1 aliphatic heterocycles. The molecule has 3 nitrogen and oxygen atoms in total. The second kappa shape index (κ2) is 4.81. The van der Waals surface area contributed by atoms with Crippen LogP contribution in [0.15, 0.2) is 23.0 Å². The van der Waals surface area contributed by atoms with E-state index in [0.717, 1.165) is 25.6 Å². The van der Waals surface area contributed by atoms with Crippen LogP contribution in [0.3, 0.4) is 0 Å². The first-order valence-electron chi connectivity index (χ1n) is 5.76. The third kappa shape index (κ3) is 2.41. The molecule has 1 aliphatic rings. The number of hydrogen-bond acceptors (Lipinski definition) is 3. The van der Waals surface area contributed by atoms with Gasteiger partial charge in [0, 0.05) is 24.7 Å². The van der Waals surface area contributed by atoms with E-state index < -0.39 is 0 Å². The Morgan fingerprint density at radius 1 is 1.60 bits per heavy atom. The van der Waals surface area contributed by atoms with Gasteiger partial charge in [0.05, 0.1) is 12.5 Å². The molecule has 2 heterocycles. The van der Waals surface area contributed by atoms with Crippen molar-refractivity contribution in [2.24, 2.45) is 11.7 Å². The molecule has 0 bridgehead atoms. The molecule has 0 aromatic carbocycles. The van der Waals surface area contributed by atoms with E-state index in [1.165, 1.54) is 18.4 Å². The normalized spacial score (nSPS) is 28.1. The van der Waals surface area contributed by atoms with Crippen LogP contribution in [0.2, 0.25) is 0 Å². The van der Waals surface area contributed by atoms with Crippen molar-refractivity contribution in [1.82, 2.24) is 4.90 Å². The van der Waals surface area contributed by atoms with E-state index in [1.54, 1.807) is 6.26 Å². The number of likely N-dealkylation sites (tertiary alicyclic amines) is 1. The van der Waals surface area contributed by atoms with Gasteiger partial charge in [0.15, 0.2) is 0 Å². The zero-order chi connectivity index (χ0) is 10.7. The van der Waals surface area contributed by atoms with Gasteiger partial charge in [0.25, 0.3) is 0 Å². The summed E-state index contributed by atoms with van der Waals surface area (Å²) in [5.74, 6) is 0.718. The van der Waals surface area contributed by atoms with Crippen LogP contribution in [-0.4, -0.2) is 24.0 Å². The van der Waals surface area contributed by atoms with Gasteiger partial charge in [-0.15, -0.1) is 0 Å². The summed E-state index contributed by atoms with van der Waals surface area (Å²) in [6, 6.07) is 2.57. The second-order valence-electron chi connectivity index (χ2n) is 4.52. The number of rotatable bonds is 3. The molecule has 0 saturated carbocycles. The van der Waals surface area contributed by atoms with E-state index >= 15 is 0 Å². The Balaban J connectivity index is 2.00. The number of piperidine rings is 1. The topological polar surface area (TPSA) is 42.4 Å². The lowest BCUT2D eigenvalue weighted by Crippen LogP contribution is -2.47. The molecule has 84 valence electrons. The molecule has 3 heteroatoms. The maximum absolute atomic E-state index is 5.85. The molecule has 1 aromatic heterocycles. The first kappa shape index (κ1) is 10.7. The predicted octanol–water partition coefficient (Wildman–Crippen LogP) is 1.84. The molecule has 1 aromatic rings. The van der Waals surface area contributed by atoms with Gasteiger partial charge in [-0.3, -0.25) is 4.90 Å². The van der Waals surface area contributed by atoms with Crippen molar-refractivity contribution in [2.45, 2.75) is 32.4 Å². The SMILES string of the molecule is CC1CCCN(Cc2ccoc2)C1CN. The van der Waals surface area contributed by atoms with Crippen molar-refractivity contribution in [2.75, 3.05) is 13.1 Å². The molecular formula is C12H20N2O. The molecule has 1 fully saturated rings. The molecule has 2 atom stereocenters. The zero-order valence-corrected chi connectivity index (χ0v) is 9.36. The standard InChI is InChI=1S/C12H20N2O/c1-10-3-2-5-14(12(10)7-13)8-11-4-6-15-9-11/h4,6,9-10,12H,2-3,5,7-8,13H2,1H3. The molecule has 0 radical (unpaired) electrons. The summed E-state index contributed by atoms with van der Waals surface area (Å²) in [4.78, 5) is 2.49. The molecule has 15 heavy (non-hydrogen) atoms. The van der Waals surface area contributed by atoms with Crippen molar-refractivity contribution in [1.29, 1.82) is 0 Å². The lowest BCUT2D eigenvalue weighted by atomic mass is 9.90. The molecule has 0 spiro atoms. The van der Waals surface area contributed by atoms with Gasteiger partial charge in [-0.1, -0.05) is 6.92 Å². The van der Waals surface area contributed by atoms with Crippen LogP contribution in [0.4, 0.5) is 0 Å². The molecule has 2 unspecified atom stereocenters. The van der Waals surface area contributed by atoms with E-state index in [0.29, 0.717) is 6.04 Å². The average Bonchev–Trinajstić information content (AvgIpc) is 2.71. The second-order valence-corrected chi connectivity index (χ2v) is 4.52. The summed E-state index contributed by atoms with van der Waals surface area (Å²) < 4.78 is 5.09. The Kier molecular flexibility index (Phi) is 3.44. The van der Waals surface area contributed by atoms with Gasteiger partial charge in [-0.25, -0.2) is 0 Å². The van der Waals surface area contributed by atoms with Gasteiger partial charge >= 0.3 is 0 Å². The molecule has 0 aliphatic carbocycles. The number of hydrogen-bond donors (Lipinski definition) is 1. The van der Waals surface area contributed by atoms with Crippen molar-refractivity contribution in [3.05, 3.63) is 24.2 Å². The first-order chi connectivity index (χ1) is 7.31.